The van der Waals surface area contributed by atoms with Gasteiger partial charge in [0.15, 0.2) is 5.82 Å². The predicted octanol–water partition coefficient (Wildman–Crippen LogP) is 3.71. The number of hydrogen-bond donors (Lipinski definition) is 2. The van der Waals surface area contributed by atoms with Crippen molar-refractivity contribution in [2.45, 2.75) is 31.6 Å². The zero-order valence-corrected chi connectivity index (χ0v) is 13.5. The lowest BCUT2D eigenvalue weighted by Crippen LogP contribution is -2.13. The van der Waals surface area contributed by atoms with Crippen molar-refractivity contribution in [3.05, 3.63) is 35.7 Å². The Labute approximate surface area is 129 Å². The first kappa shape index (κ1) is 15.6. The topological polar surface area (TPSA) is 73.1 Å². The average molecular weight is 304 g/mol. The number of hydrazine groups is 1. The summed E-state index contributed by atoms with van der Waals surface area (Å²) in [5, 5.41) is 0. The molecule has 21 heavy (non-hydrogen) atoms. The van der Waals surface area contributed by atoms with E-state index in [0.717, 1.165) is 16.2 Å². The van der Waals surface area contributed by atoms with Crippen molar-refractivity contribution in [1.82, 2.24) is 9.97 Å². The fourth-order valence-corrected chi connectivity index (χ4v) is 2.34. The Bertz CT molecular complexity index is 631. The fraction of sp³-hybridized carbons (Fsp3) is 0.333. The van der Waals surface area contributed by atoms with Crippen molar-refractivity contribution >= 4 is 17.6 Å². The third kappa shape index (κ3) is 3.46. The van der Waals surface area contributed by atoms with Crippen LogP contribution in [-0.2, 0) is 0 Å². The molecule has 0 aliphatic rings. The molecule has 0 atom stereocenters. The van der Waals surface area contributed by atoms with Crippen LogP contribution in [0.3, 0.4) is 0 Å². The summed E-state index contributed by atoms with van der Waals surface area (Å²) in [6.07, 6.45) is 2.02. The zero-order chi connectivity index (χ0) is 15.4. The van der Waals surface area contributed by atoms with E-state index < -0.39 is 0 Å². The first-order valence-corrected chi connectivity index (χ1v) is 7.95. The predicted molar refractivity (Wildman–Crippen MR) is 87.0 cm³/mol. The molecule has 0 amide bonds. The molecule has 0 radical (unpaired) electrons. The minimum Gasteiger partial charge on any atom is -0.437 e. The monoisotopic (exact) mass is 304 g/mol. The van der Waals surface area contributed by atoms with Crippen molar-refractivity contribution in [2.24, 2.45) is 5.84 Å². The highest BCUT2D eigenvalue weighted by atomic mass is 32.2. The molecule has 0 bridgehead atoms. The molecule has 0 unspecified atom stereocenters. The third-order valence-corrected chi connectivity index (χ3v) is 3.82. The minimum atomic E-state index is 0.191. The van der Waals surface area contributed by atoms with E-state index in [2.05, 4.69) is 15.4 Å². The molecule has 1 aromatic carbocycles. The number of nitrogen functional groups attached to an aromatic ring is 1. The molecule has 2 rings (SSSR count). The molecule has 0 spiro atoms. The Morgan fingerprint density at radius 3 is 2.57 bits per heavy atom. The molecule has 3 N–H and O–H groups in total. The SMILES string of the molecule is CSc1ccccc1Oc1nc(C(C)C)nc(NN)c1C. The van der Waals surface area contributed by atoms with Crippen LogP contribution in [0.4, 0.5) is 5.82 Å². The Morgan fingerprint density at radius 1 is 1.24 bits per heavy atom. The summed E-state index contributed by atoms with van der Waals surface area (Å²) in [7, 11) is 0. The molecule has 6 heteroatoms. The van der Waals surface area contributed by atoms with E-state index in [1.54, 1.807) is 11.8 Å². The van der Waals surface area contributed by atoms with E-state index in [-0.39, 0.29) is 5.92 Å². The van der Waals surface area contributed by atoms with E-state index in [1.807, 2.05) is 51.3 Å². The molecule has 0 aliphatic carbocycles. The highest BCUT2D eigenvalue weighted by Crippen LogP contribution is 2.33. The molecule has 1 aromatic heterocycles. The summed E-state index contributed by atoms with van der Waals surface area (Å²) < 4.78 is 6.00. The minimum absolute atomic E-state index is 0.191. The molecule has 1 heterocycles. The number of benzene rings is 1. The van der Waals surface area contributed by atoms with E-state index in [1.165, 1.54) is 0 Å². The molecule has 5 nitrogen and oxygen atoms in total. The van der Waals surface area contributed by atoms with Gasteiger partial charge >= 0.3 is 0 Å². The van der Waals surface area contributed by atoms with Crippen molar-refractivity contribution in [2.75, 3.05) is 11.7 Å². The van der Waals surface area contributed by atoms with Crippen molar-refractivity contribution in [3.63, 3.8) is 0 Å². The van der Waals surface area contributed by atoms with Gasteiger partial charge in [0, 0.05) is 10.8 Å². The van der Waals surface area contributed by atoms with Gasteiger partial charge < -0.3 is 10.2 Å². The lowest BCUT2D eigenvalue weighted by atomic mass is 10.2. The number of ether oxygens (including phenoxy) is 1. The van der Waals surface area contributed by atoms with Crippen molar-refractivity contribution < 1.29 is 4.74 Å². The quantitative estimate of drug-likeness (QED) is 0.498. The third-order valence-electron chi connectivity index (χ3n) is 3.05. The number of rotatable bonds is 5. The van der Waals surface area contributed by atoms with Crippen LogP contribution in [0.25, 0.3) is 0 Å². The van der Waals surface area contributed by atoms with Crippen LogP contribution in [0.2, 0.25) is 0 Å². The standard InChI is InChI=1S/C15H20N4OS/c1-9(2)13-17-14(19-16)10(3)15(18-13)20-11-7-5-6-8-12(11)21-4/h5-9H,16H2,1-4H3,(H,17,18,19). The van der Waals surface area contributed by atoms with Crippen LogP contribution in [0, 0.1) is 6.92 Å². The second kappa shape index (κ2) is 6.78. The Morgan fingerprint density at radius 2 is 1.95 bits per heavy atom. The van der Waals surface area contributed by atoms with Crippen LogP contribution in [-0.4, -0.2) is 16.2 Å². The maximum absolute atomic E-state index is 6.00. The van der Waals surface area contributed by atoms with Gasteiger partial charge in [-0.25, -0.2) is 10.8 Å². The van der Waals surface area contributed by atoms with Gasteiger partial charge in [0.25, 0.3) is 0 Å². The molecule has 0 saturated carbocycles. The second-order valence-corrected chi connectivity index (χ2v) is 5.76. The average Bonchev–Trinajstić information content (AvgIpc) is 2.49. The van der Waals surface area contributed by atoms with E-state index in [4.69, 9.17) is 10.6 Å². The maximum Gasteiger partial charge on any atom is 0.227 e. The fourth-order valence-electron chi connectivity index (χ4n) is 1.82. The Hall–Kier alpha value is -1.79. The second-order valence-electron chi connectivity index (χ2n) is 4.91. The van der Waals surface area contributed by atoms with Gasteiger partial charge in [0.05, 0.1) is 5.56 Å². The molecular formula is C15H20N4OS. The van der Waals surface area contributed by atoms with Crippen LogP contribution >= 0.6 is 11.8 Å². The number of para-hydroxylation sites is 1. The van der Waals surface area contributed by atoms with Crippen LogP contribution in [0.5, 0.6) is 11.6 Å². The molecular weight excluding hydrogens is 284 g/mol. The van der Waals surface area contributed by atoms with Gasteiger partial charge in [-0.15, -0.1) is 11.8 Å². The Balaban J connectivity index is 2.45. The highest BCUT2D eigenvalue weighted by molar-refractivity contribution is 7.98. The van der Waals surface area contributed by atoms with E-state index in [9.17, 15) is 0 Å². The van der Waals surface area contributed by atoms with Crippen molar-refractivity contribution in [1.29, 1.82) is 0 Å². The van der Waals surface area contributed by atoms with Gasteiger partial charge in [-0.1, -0.05) is 26.0 Å². The summed E-state index contributed by atoms with van der Waals surface area (Å²) in [6, 6.07) is 7.87. The summed E-state index contributed by atoms with van der Waals surface area (Å²) in [5.41, 5.74) is 3.40. The van der Waals surface area contributed by atoms with Gasteiger partial charge in [-0.2, -0.15) is 4.98 Å². The molecule has 0 saturated heterocycles. The van der Waals surface area contributed by atoms with E-state index in [0.29, 0.717) is 17.5 Å². The lowest BCUT2D eigenvalue weighted by molar-refractivity contribution is 0.443. The van der Waals surface area contributed by atoms with Gasteiger partial charge in [0.2, 0.25) is 5.88 Å². The van der Waals surface area contributed by atoms with Crippen molar-refractivity contribution in [3.8, 4) is 11.6 Å². The molecule has 0 aliphatic heterocycles. The summed E-state index contributed by atoms with van der Waals surface area (Å²) in [6.45, 7) is 5.95. The van der Waals surface area contributed by atoms with E-state index >= 15 is 0 Å². The molecule has 0 fully saturated rings. The molecule has 112 valence electrons. The summed E-state index contributed by atoms with van der Waals surface area (Å²) >= 11 is 1.63. The highest BCUT2D eigenvalue weighted by Gasteiger charge is 2.15. The van der Waals surface area contributed by atoms with Gasteiger partial charge in [0.1, 0.15) is 11.6 Å². The Kier molecular flexibility index (Phi) is 5.03. The summed E-state index contributed by atoms with van der Waals surface area (Å²) in [4.78, 5) is 9.97. The maximum atomic E-state index is 6.00. The number of nitrogens with zero attached hydrogens (tertiary/aromatic N) is 2. The van der Waals surface area contributed by atoms with Gasteiger partial charge in [-0.05, 0) is 25.3 Å². The van der Waals surface area contributed by atoms with Crippen LogP contribution in [0.1, 0.15) is 31.2 Å². The smallest absolute Gasteiger partial charge is 0.227 e. The van der Waals surface area contributed by atoms with Gasteiger partial charge in [-0.3, -0.25) is 0 Å². The number of nitrogens with two attached hydrogens (primary N) is 1. The number of anilines is 1. The first-order valence-electron chi connectivity index (χ1n) is 6.72. The van der Waals surface area contributed by atoms with Crippen LogP contribution in [0.15, 0.2) is 29.2 Å². The zero-order valence-electron chi connectivity index (χ0n) is 12.7. The number of thioether (sulfide) groups is 1. The lowest BCUT2D eigenvalue weighted by Gasteiger charge is -2.15. The number of aromatic nitrogens is 2. The summed E-state index contributed by atoms with van der Waals surface area (Å²) in [5.74, 6) is 8.33. The number of hydrogen-bond acceptors (Lipinski definition) is 6. The normalized spacial score (nSPS) is 10.8. The largest absolute Gasteiger partial charge is 0.437 e. The first-order chi connectivity index (χ1) is 10.1. The van der Waals surface area contributed by atoms with Crippen LogP contribution < -0.4 is 16.0 Å². The number of nitrogens with one attached hydrogen (secondary N) is 1. The molecule has 2 aromatic rings.